The summed E-state index contributed by atoms with van der Waals surface area (Å²) in [7, 11) is -3.66. The number of sulfonamides is 1. The van der Waals surface area contributed by atoms with Crippen LogP contribution in [0, 0.1) is 24.7 Å². The maximum atomic E-state index is 12.4. The Morgan fingerprint density at radius 2 is 1.81 bits per heavy atom. The Morgan fingerprint density at radius 3 is 2.43 bits per heavy atom. The molecule has 4 unspecified atom stereocenters. The van der Waals surface area contributed by atoms with Crippen LogP contribution in [-0.4, -0.2) is 25.5 Å². The Bertz CT molecular complexity index is 653. The van der Waals surface area contributed by atoms with Crippen LogP contribution in [0.25, 0.3) is 0 Å². The van der Waals surface area contributed by atoms with Crippen LogP contribution in [0.3, 0.4) is 0 Å². The maximum absolute atomic E-state index is 12.4. The molecule has 0 aliphatic heterocycles. The van der Waals surface area contributed by atoms with Crippen LogP contribution in [0.15, 0.2) is 29.2 Å². The Labute approximate surface area is 124 Å². The number of aliphatic carboxylic acids is 1. The number of fused-ring (bicyclic) bond motifs is 2. The van der Waals surface area contributed by atoms with E-state index in [0.29, 0.717) is 0 Å². The fraction of sp³-hybridized carbons (Fsp3) is 0.533. The molecule has 2 fully saturated rings. The van der Waals surface area contributed by atoms with Crippen LogP contribution in [0.4, 0.5) is 0 Å². The van der Waals surface area contributed by atoms with Gasteiger partial charge < -0.3 is 5.11 Å². The minimum absolute atomic E-state index is 0.109. The molecule has 4 atom stereocenters. The van der Waals surface area contributed by atoms with E-state index in [1.54, 1.807) is 24.3 Å². The number of carboxylic acids is 1. The first-order chi connectivity index (χ1) is 9.88. The van der Waals surface area contributed by atoms with Gasteiger partial charge >= 0.3 is 5.97 Å². The Hall–Kier alpha value is -1.40. The number of aryl methyl sites for hydroxylation is 1. The van der Waals surface area contributed by atoms with Crippen LogP contribution < -0.4 is 4.72 Å². The van der Waals surface area contributed by atoms with E-state index in [4.69, 9.17) is 0 Å². The zero-order valence-corrected chi connectivity index (χ0v) is 12.6. The molecule has 2 aliphatic rings. The molecule has 6 heteroatoms. The Balaban J connectivity index is 1.85. The molecule has 2 N–H and O–H groups in total. The van der Waals surface area contributed by atoms with E-state index in [2.05, 4.69) is 4.72 Å². The molecule has 114 valence electrons. The van der Waals surface area contributed by atoms with Crippen LogP contribution in [0.5, 0.6) is 0 Å². The van der Waals surface area contributed by atoms with Gasteiger partial charge in [0.2, 0.25) is 10.0 Å². The number of nitrogens with one attached hydrogen (secondary N) is 1. The van der Waals surface area contributed by atoms with Gasteiger partial charge in [0, 0.05) is 6.04 Å². The van der Waals surface area contributed by atoms with Crippen LogP contribution >= 0.6 is 0 Å². The normalized spacial score (nSPS) is 31.5. The van der Waals surface area contributed by atoms with Gasteiger partial charge in [0.15, 0.2) is 0 Å². The highest BCUT2D eigenvalue weighted by Crippen LogP contribution is 2.48. The van der Waals surface area contributed by atoms with Crippen molar-refractivity contribution in [3.63, 3.8) is 0 Å². The summed E-state index contributed by atoms with van der Waals surface area (Å²) in [6.07, 6.45) is 2.62. The summed E-state index contributed by atoms with van der Waals surface area (Å²) in [4.78, 5) is 11.6. The largest absolute Gasteiger partial charge is 0.481 e. The van der Waals surface area contributed by atoms with Gasteiger partial charge in [0.1, 0.15) is 0 Å². The summed E-state index contributed by atoms with van der Waals surface area (Å²) in [5.74, 6) is -1.22. The quantitative estimate of drug-likeness (QED) is 0.888. The third-order valence-electron chi connectivity index (χ3n) is 4.82. The third kappa shape index (κ3) is 2.58. The lowest BCUT2D eigenvalue weighted by atomic mass is 9.85. The molecule has 0 amide bonds. The smallest absolute Gasteiger partial charge is 0.308 e. The SMILES string of the molecule is Cc1ccc(S(=O)(=O)NC2C3CCC(C3)C2C(=O)O)cc1. The standard InChI is InChI=1S/C15H19NO4S/c1-9-2-6-12(7-3-9)21(19,20)16-14-11-5-4-10(8-11)13(14)15(17)18/h2-3,6-7,10-11,13-14,16H,4-5,8H2,1H3,(H,17,18). The van der Waals surface area contributed by atoms with Gasteiger partial charge in [-0.2, -0.15) is 0 Å². The number of carbonyl (C=O) groups is 1. The van der Waals surface area contributed by atoms with E-state index in [1.165, 1.54) is 0 Å². The highest BCUT2D eigenvalue weighted by molar-refractivity contribution is 7.89. The van der Waals surface area contributed by atoms with E-state index in [-0.39, 0.29) is 16.7 Å². The van der Waals surface area contributed by atoms with Gasteiger partial charge in [-0.3, -0.25) is 4.79 Å². The van der Waals surface area contributed by atoms with E-state index in [1.807, 2.05) is 6.92 Å². The van der Waals surface area contributed by atoms with E-state index < -0.39 is 28.0 Å². The first-order valence-corrected chi connectivity index (χ1v) is 8.68. The Kier molecular flexibility index (Phi) is 3.53. The minimum Gasteiger partial charge on any atom is -0.481 e. The van der Waals surface area contributed by atoms with Crippen molar-refractivity contribution in [3.8, 4) is 0 Å². The van der Waals surface area contributed by atoms with Gasteiger partial charge in [-0.25, -0.2) is 13.1 Å². The monoisotopic (exact) mass is 309 g/mol. The zero-order valence-electron chi connectivity index (χ0n) is 11.8. The lowest BCUT2D eigenvalue weighted by molar-refractivity contribution is -0.144. The Morgan fingerprint density at radius 1 is 1.19 bits per heavy atom. The molecule has 2 aliphatic carbocycles. The highest BCUT2D eigenvalue weighted by atomic mass is 32.2. The molecule has 0 saturated heterocycles. The number of benzene rings is 1. The minimum atomic E-state index is -3.66. The van der Waals surface area contributed by atoms with Crippen molar-refractivity contribution in [2.24, 2.45) is 17.8 Å². The van der Waals surface area contributed by atoms with Crippen molar-refractivity contribution < 1.29 is 18.3 Å². The van der Waals surface area contributed by atoms with E-state index >= 15 is 0 Å². The number of rotatable bonds is 4. The lowest BCUT2D eigenvalue weighted by Crippen LogP contribution is -2.46. The molecule has 21 heavy (non-hydrogen) atoms. The van der Waals surface area contributed by atoms with Crippen molar-refractivity contribution in [1.82, 2.24) is 4.72 Å². The molecule has 1 aromatic carbocycles. The summed E-state index contributed by atoms with van der Waals surface area (Å²) in [6.45, 7) is 1.89. The average Bonchev–Trinajstić information content (AvgIpc) is 2.99. The van der Waals surface area contributed by atoms with Gasteiger partial charge in [-0.05, 0) is 50.2 Å². The van der Waals surface area contributed by atoms with Crippen LogP contribution in [0.1, 0.15) is 24.8 Å². The number of carboxylic acid groups (broad SMARTS) is 1. The average molecular weight is 309 g/mol. The second-order valence-corrected chi connectivity index (χ2v) is 7.87. The second kappa shape index (κ2) is 5.10. The fourth-order valence-corrected chi connectivity index (χ4v) is 5.11. The first-order valence-electron chi connectivity index (χ1n) is 7.20. The molecule has 0 heterocycles. The fourth-order valence-electron chi connectivity index (χ4n) is 3.78. The van der Waals surface area contributed by atoms with Gasteiger partial charge in [0.05, 0.1) is 10.8 Å². The zero-order chi connectivity index (χ0) is 15.2. The van der Waals surface area contributed by atoms with E-state index in [0.717, 1.165) is 24.8 Å². The van der Waals surface area contributed by atoms with E-state index in [9.17, 15) is 18.3 Å². The molecule has 0 radical (unpaired) electrons. The van der Waals surface area contributed by atoms with Crippen LogP contribution in [0.2, 0.25) is 0 Å². The molecular formula is C15H19NO4S. The predicted molar refractivity (Wildman–Crippen MR) is 77.2 cm³/mol. The highest BCUT2D eigenvalue weighted by Gasteiger charge is 2.52. The molecule has 0 aromatic heterocycles. The molecular weight excluding hydrogens is 290 g/mol. The molecule has 0 spiro atoms. The lowest BCUT2D eigenvalue weighted by Gasteiger charge is -2.28. The second-order valence-electron chi connectivity index (χ2n) is 6.16. The van der Waals surface area contributed by atoms with Crippen molar-refractivity contribution in [3.05, 3.63) is 29.8 Å². The summed E-state index contributed by atoms with van der Waals surface area (Å²) in [5, 5.41) is 9.37. The third-order valence-corrected chi connectivity index (χ3v) is 6.30. The van der Waals surface area contributed by atoms with Crippen LogP contribution in [-0.2, 0) is 14.8 Å². The van der Waals surface area contributed by atoms with Crippen molar-refractivity contribution >= 4 is 16.0 Å². The van der Waals surface area contributed by atoms with Crippen molar-refractivity contribution in [2.45, 2.75) is 37.1 Å². The molecule has 5 nitrogen and oxygen atoms in total. The number of hydrogen-bond donors (Lipinski definition) is 2. The molecule has 3 rings (SSSR count). The van der Waals surface area contributed by atoms with Crippen molar-refractivity contribution in [1.29, 1.82) is 0 Å². The first kappa shape index (κ1) is 14.5. The number of hydrogen-bond acceptors (Lipinski definition) is 3. The topological polar surface area (TPSA) is 83.5 Å². The van der Waals surface area contributed by atoms with Gasteiger partial charge in [0.25, 0.3) is 0 Å². The van der Waals surface area contributed by atoms with Crippen molar-refractivity contribution in [2.75, 3.05) is 0 Å². The summed E-state index contributed by atoms with van der Waals surface area (Å²) < 4.78 is 27.5. The molecule has 2 saturated carbocycles. The van der Waals surface area contributed by atoms with Gasteiger partial charge in [-0.15, -0.1) is 0 Å². The molecule has 2 bridgehead atoms. The van der Waals surface area contributed by atoms with Gasteiger partial charge in [-0.1, -0.05) is 17.7 Å². The summed E-state index contributed by atoms with van der Waals surface area (Å²) in [6, 6.07) is 6.11. The summed E-state index contributed by atoms with van der Waals surface area (Å²) >= 11 is 0. The predicted octanol–water partition coefficient (Wildman–Crippen LogP) is 1.77. The summed E-state index contributed by atoms with van der Waals surface area (Å²) in [5.41, 5.74) is 0.984. The molecule has 1 aromatic rings. The maximum Gasteiger partial charge on any atom is 0.308 e.